The zero-order valence-corrected chi connectivity index (χ0v) is 47.4. The Balaban J connectivity index is 0.000000202. The van der Waals surface area contributed by atoms with Crippen LogP contribution in [0.3, 0.4) is 0 Å². The molecule has 3 unspecified atom stereocenters. The Labute approximate surface area is 480 Å². The molecule has 82 heavy (non-hydrogen) atoms. The van der Waals surface area contributed by atoms with E-state index < -0.39 is 60.6 Å². The van der Waals surface area contributed by atoms with Crippen LogP contribution in [0.5, 0.6) is 0 Å². The summed E-state index contributed by atoms with van der Waals surface area (Å²) in [7, 11) is 1.28. The van der Waals surface area contributed by atoms with Crippen LogP contribution in [0.25, 0.3) is 0 Å². The molecule has 3 aliphatic rings. The standard InChI is InChI=1S/C18H20N2O3.C18H20N2O2.C14H25N3O4.C12H18N2O2/c19-15(10-12-6-2-1-3-7-12)17(21)20-16-14-9-5-4-8-13(14)11-23-18(16)22;19-15(10-12-6-2-1-3-7-12)18(22)20-17-14-9-5-4-8-13(14)11-16(17)21;1-8(2)11(14(20)21-4)17-12(18)9(3)16-13(19)10-6-5-7-15-10;1-9(15)14-11(12(16)8-13)7-10-5-3-2-4-6-10/h1-9,15-16,18,22H,10-11,19H2,(H,20,21);1-9,15-17,21H,10-11,19H2,(H,20,22);8-11,15H,5-7H2,1-4H3,(H,16,19)(H,17,18);2-6,11-12,16H,7-8,13H2,1H3,(H,14,15)/t15-,16+,18-;15-,16-,17+;;11-,12+/m11.0/s1. The van der Waals surface area contributed by atoms with Gasteiger partial charge in [0.05, 0.1) is 56.1 Å². The van der Waals surface area contributed by atoms with Gasteiger partial charge in [-0.05, 0) is 90.4 Å². The molecule has 2 heterocycles. The fourth-order valence-corrected chi connectivity index (χ4v) is 9.50. The number of ether oxygens (including phenoxy) is 2. The molecule has 0 radical (unpaired) electrons. The van der Waals surface area contributed by atoms with Gasteiger partial charge in [-0.1, -0.05) is 153 Å². The molecular formula is C62H83N9O11. The van der Waals surface area contributed by atoms with Gasteiger partial charge < -0.3 is 73.9 Å². The molecule has 0 bridgehead atoms. The molecule has 20 nitrogen and oxygen atoms in total. The molecule has 8 rings (SSSR count). The van der Waals surface area contributed by atoms with E-state index in [-0.39, 0.29) is 54.2 Å². The second-order valence-electron chi connectivity index (χ2n) is 20.9. The molecule has 1 saturated heterocycles. The normalized spacial score (nSPS) is 19.7. The van der Waals surface area contributed by atoms with Gasteiger partial charge in [0, 0.05) is 19.9 Å². The van der Waals surface area contributed by atoms with Crippen molar-refractivity contribution in [2.24, 2.45) is 23.1 Å². The van der Waals surface area contributed by atoms with Gasteiger partial charge in [0.15, 0.2) is 6.29 Å². The lowest BCUT2D eigenvalue weighted by molar-refractivity contribution is -0.148. The van der Waals surface area contributed by atoms with Crippen molar-refractivity contribution >= 4 is 35.5 Å². The van der Waals surface area contributed by atoms with Crippen LogP contribution in [0.2, 0.25) is 0 Å². The summed E-state index contributed by atoms with van der Waals surface area (Å²) in [4.78, 5) is 71.3. The smallest absolute Gasteiger partial charge is 0.328 e. The summed E-state index contributed by atoms with van der Waals surface area (Å²) >= 11 is 0. The third kappa shape index (κ3) is 20.5. The van der Waals surface area contributed by atoms with Crippen LogP contribution >= 0.6 is 0 Å². The highest BCUT2D eigenvalue weighted by atomic mass is 16.6. The molecule has 442 valence electrons. The van der Waals surface area contributed by atoms with Crippen molar-refractivity contribution in [2.75, 3.05) is 20.2 Å². The highest BCUT2D eigenvalue weighted by Crippen LogP contribution is 2.31. The summed E-state index contributed by atoms with van der Waals surface area (Å²) in [5, 5.41) is 46.7. The Kier molecular flexibility index (Phi) is 26.7. The number of carbonyl (C=O) groups excluding carboxylic acids is 6. The Bertz CT molecular complexity index is 2790. The number of hydrogen-bond acceptors (Lipinski definition) is 15. The number of nitrogens with two attached hydrogens (primary N) is 3. The van der Waals surface area contributed by atoms with Gasteiger partial charge in [0.1, 0.15) is 18.1 Å². The van der Waals surface area contributed by atoms with Gasteiger partial charge in [-0.3, -0.25) is 24.0 Å². The zero-order chi connectivity index (χ0) is 59.7. The maximum atomic E-state index is 12.4. The van der Waals surface area contributed by atoms with E-state index in [0.29, 0.717) is 32.3 Å². The van der Waals surface area contributed by atoms with Crippen molar-refractivity contribution in [3.63, 3.8) is 0 Å². The van der Waals surface area contributed by atoms with Gasteiger partial charge >= 0.3 is 5.97 Å². The molecular weight excluding hydrogens is 1050 g/mol. The highest BCUT2D eigenvalue weighted by Gasteiger charge is 2.34. The van der Waals surface area contributed by atoms with Crippen molar-refractivity contribution in [1.29, 1.82) is 0 Å². The van der Waals surface area contributed by atoms with Crippen LogP contribution in [-0.4, -0.2) is 126 Å². The van der Waals surface area contributed by atoms with Crippen molar-refractivity contribution in [3.8, 4) is 0 Å². The van der Waals surface area contributed by atoms with E-state index in [1.807, 2.05) is 153 Å². The van der Waals surface area contributed by atoms with Gasteiger partial charge in [-0.15, -0.1) is 0 Å². The first-order valence-corrected chi connectivity index (χ1v) is 27.7. The van der Waals surface area contributed by atoms with E-state index in [0.717, 1.165) is 58.3 Å². The van der Waals surface area contributed by atoms with E-state index in [1.54, 1.807) is 6.92 Å². The number of benzene rings is 5. The van der Waals surface area contributed by atoms with Crippen LogP contribution in [0.15, 0.2) is 140 Å². The number of amides is 5. The molecule has 5 amide bonds. The van der Waals surface area contributed by atoms with Crippen molar-refractivity contribution in [2.45, 2.75) is 140 Å². The van der Waals surface area contributed by atoms with E-state index in [9.17, 15) is 44.1 Å². The van der Waals surface area contributed by atoms with E-state index in [1.165, 1.54) is 14.0 Å². The number of esters is 1. The molecule has 0 spiro atoms. The first-order valence-electron chi connectivity index (χ1n) is 27.7. The number of hydrogen-bond donors (Lipinski definition) is 12. The summed E-state index contributed by atoms with van der Waals surface area (Å²) in [5.41, 5.74) is 24.4. The Morgan fingerprint density at radius 3 is 1.63 bits per heavy atom. The fraction of sp³-hybridized carbons (Fsp3) is 0.419. The number of fused-ring (bicyclic) bond motifs is 2. The Hall–Kier alpha value is -7.40. The minimum absolute atomic E-state index is 0.0965. The summed E-state index contributed by atoms with van der Waals surface area (Å²) < 4.78 is 9.98. The summed E-state index contributed by atoms with van der Waals surface area (Å²) in [6, 6.07) is 40.1. The topological polar surface area (TPSA) is 332 Å². The van der Waals surface area contributed by atoms with Gasteiger partial charge in [-0.25, -0.2) is 4.79 Å². The first-order chi connectivity index (χ1) is 39.3. The highest BCUT2D eigenvalue weighted by molar-refractivity contribution is 5.92. The molecule has 20 heteroatoms. The van der Waals surface area contributed by atoms with Crippen LogP contribution in [0.4, 0.5) is 0 Å². The lowest BCUT2D eigenvalue weighted by atomic mass is 9.97. The zero-order valence-electron chi connectivity index (χ0n) is 47.4. The van der Waals surface area contributed by atoms with Crippen LogP contribution in [0, 0.1) is 5.92 Å². The molecule has 5 aromatic carbocycles. The molecule has 2 aliphatic heterocycles. The van der Waals surface area contributed by atoms with Crippen LogP contribution < -0.4 is 49.1 Å². The molecule has 0 aromatic heterocycles. The lowest BCUT2D eigenvalue weighted by Crippen LogP contribution is -2.54. The predicted molar refractivity (Wildman–Crippen MR) is 312 cm³/mol. The van der Waals surface area contributed by atoms with Gasteiger partial charge in [-0.2, -0.15) is 0 Å². The average Bonchev–Trinajstić information content (AvgIpc) is 4.33. The monoisotopic (exact) mass is 1130 g/mol. The second kappa shape index (κ2) is 33.5. The molecule has 1 aliphatic carbocycles. The Morgan fingerprint density at radius 1 is 0.659 bits per heavy atom. The SMILES string of the molecule is CC(=O)N[C@@H](Cc1ccccc1)[C@H](O)CN.COC(=O)C(NC(=O)C(C)NC(=O)C1CCCN1)C(C)C.N[C@H](Cc1ccccc1)C(=O)N[C@H]1c2ccccc2CO[C@H]1O.N[C@H](Cc1ccccc1)C(=O)N[C@H]1c2ccccc2C[C@H]1O. The summed E-state index contributed by atoms with van der Waals surface area (Å²) in [6.07, 6.45) is 1.42. The van der Waals surface area contributed by atoms with Gasteiger partial charge in [0.25, 0.3) is 0 Å². The Morgan fingerprint density at radius 2 is 1.15 bits per heavy atom. The minimum Gasteiger partial charge on any atom is -0.467 e. The fourth-order valence-electron chi connectivity index (χ4n) is 9.50. The maximum Gasteiger partial charge on any atom is 0.328 e. The summed E-state index contributed by atoms with van der Waals surface area (Å²) in [5.74, 6) is -1.87. The predicted octanol–water partition coefficient (Wildman–Crippen LogP) is 2.20. The average molecular weight is 1130 g/mol. The largest absolute Gasteiger partial charge is 0.467 e. The molecule has 0 saturated carbocycles. The van der Waals surface area contributed by atoms with Crippen LogP contribution in [0.1, 0.15) is 91.6 Å². The molecule has 11 atom stereocenters. The summed E-state index contributed by atoms with van der Waals surface area (Å²) in [6.45, 7) is 7.94. The minimum atomic E-state index is -1.07. The quantitative estimate of drug-likeness (QED) is 0.0528. The lowest BCUT2D eigenvalue weighted by Gasteiger charge is -2.31. The van der Waals surface area contributed by atoms with E-state index >= 15 is 0 Å². The van der Waals surface area contributed by atoms with Crippen LogP contribution in [-0.2, 0) is 70.5 Å². The van der Waals surface area contributed by atoms with E-state index in [2.05, 4.69) is 36.6 Å². The number of carbonyl (C=O) groups is 6. The third-order valence-corrected chi connectivity index (χ3v) is 14.1. The number of nitrogens with one attached hydrogen (secondary N) is 6. The molecule has 1 fully saturated rings. The second-order valence-corrected chi connectivity index (χ2v) is 20.9. The van der Waals surface area contributed by atoms with Crippen molar-refractivity contribution < 1.29 is 53.6 Å². The number of rotatable bonds is 19. The molecule has 15 N–H and O–H groups in total. The third-order valence-electron chi connectivity index (χ3n) is 14.1. The number of aliphatic hydroxyl groups excluding tert-OH is 3. The maximum absolute atomic E-state index is 12.4. The number of methoxy groups -OCH3 is 1. The first kappa shape index (κ1) is 65.4. The van der Waals surface area contributed by atoms with Gasteiger partial charge in [0.2, 0.25) is 29.5 Å². The number of aliphatic hydroxyl groups is 3. The molecule has 5 aromatic rings. The van der Waals surface area contributed by atoms with Crippen molar-refractivity contribution in [1.82, 2.24) is 31.9 Å². The van der Waals surface area contributed by atoms with Crippen molar-refractivity contribution in [3.05, 3.63) is 178 Å². The van der Waals surface area contributed by atoms with E-state index in [4.69, 9.17) is 21.9 Å².